The fourth-order valence-electron chi connectivity index (χ4n) is 9.82. The first-order valence-electron chi connectivity index (χ1n) is 34.1. The second-order valence-corrected chi connectivity index (χ2v) is 22.7. The van der Waals surface area contributed by atoms with E-state index in [1.165, 1.54) is 218 Å². The van der Waals surface area contributed by atoms with Gasteiger partial charge in [0, 0.05) is 19.3 Å². The van der Waals surface area contributed by atoms with Crippen LogP contribution in [-0.2, 0) is 28.6 Å². The normalized spacial score (nSPS) is 12.6. The van der Waals surface area contributed by atoms with Crippen LogP contribution in [0.15, 0.2) is 85.1 Å². The first kappa shape index (κ1) is 75.6. The van der Waals surface area contributed by atoms with Gasteiger partial charge in [0.25, 0.3) is 0 Å². The third kappa shape index (κ3) is 65.3. The Hall–Kier alpha value is -3.41. The first-order chi connectivity index (χ1) is 39.0. The van der Waals surface area contributed by atoms with Crippen molar-refractivity contribution in [3.8, 4) is 0 Å². The van der Waals surface area contributed by atoms with Gasteiger partial charge in [-0.1, -0.05) is 324 Å². The predicted molar refractivity (Wildman–Crippen MR) is 344 cm³/mol. The lowest BCUT2D eigenvalue weighted by Gasteiger charge is -2.18. The summed E-state index contributed by atoms with van der Waals surface area (Å²) in [5.74, 6) is -0.977. The summed E-state index contributed by atoms with van der Waals surface area (Å²) in [5, 5.41) is 0. The standard InChI is InChI=1S/C73H128O6/c1-4-7-10-13-16-19-22-25-28-31-34-35-36-37-38-40-42-45-48-51-54-57-60-63-66-72(75)78-69-70(68-77-71(74)65-62-59-56-53-50-47-44-41-33-30-27-24-21-18-15-12-9-6-3)79-73(76)67-64-61-58-55-52-49-46-43-39-32-29-26-23-20-17-14-11-8-5-2/h8,11,17,20,26,29-30,33,39,43,49,52,58,61,70H,4-7,9-10,12-16,18-19,21-25,27-28,31-32,34-38,40-42,44-48,50-51,53-57,59-60,62-69H2,1-3H3/b11-8-,20-17-,29-26-,33-30-,43-39-,52-49-,61-58-. The Kier molecular flexibility index (Phi) is 64.2. The maximum Gasteiger partial charge on any atom is 0.306 e. The van der Waals surface area contributed by atoms with Crippen LogP contribution in [-0.4, -0.2) is 37.2 Å². The zero-order valence-corrected chi connectivity index (χ0v) is 52.4. The molecular weight excluding hydrogens is 973 g/mol. The molecule has 456 valence electrons. The Balaban J connectivity index is 4.41. The fourth-order valence-corrected chi connectivity index (χ4v) is 9.82. The molecule has 0 amide bonds. The number of carbonyl (C=O) groups is 3. The number of ether oxygens (including phenoxy) is 3. The van der Waals surface area contributed by atoms with Crippen LogP contribution in [0.1, 0.15) is 342 Å². The molecular formula is C73H128O6. The largest absolute Gasteiger partial charge is 0.462 e. The Morgan fingerprint density at radius 2 is 0.519 bits per heavy atom. The molecule has 0 saturated carbocycles. The quantitative estimate of drug-likeness (QED) is 0.0261. The molecule has 0 radical (unpaired) electrons. The highest BCUT2D eigenvalue weighted by Gasteiger charge is 2.19. The Morgan fingerprint density at radius 3 is 0.823 bits per heavy atom. The van der Waals surface area contributed by atoms with Gasteiger partial charge < -0.3 is 14.2 Å². The summed E-state index contributed by atoms with van der Waals surface area (Å²) < 4.78 is 16.9. The van der Waals surface area contributed by atoms with E-state index < -0.39 is 6.10 Å². The average Bonchev–Trinajstić information content (AvgIpc) is 3.45. The number of esters is 3. The number of rotatable bonds is 62. The van der Waals surface area contributed by atoms with Gasteiger partial charge >= 0.3 is 17.9 Å². The van der Waals surface area contributed by atoms with Crippen molar-refractivity contribution in [3.63, 3.8) is 0 Å². The van der Waals surface area contributed by atoms with Crippen molar-refractivity contribution in [2.24, 2.45) is 0 Å². The van der Waals surface area contributed by atoms with Gasteiger partial charge in [-0.3, -0.25) is 14.4 Å². The molecule has 0 bridgehead atoms. The highest BCUT2D eigenvalue weighted by molar-refractivity contribution is 5.71. The number of unbranched alkanes of at least 4 members (excludes halogenated alkanes) is 37. The first-order valence-corrected chi connectivity index (χ1v) is 34.1. The van der Waals surface area contributed by atoms with E-state index in [1.807, 2.05) is 6.08 Å². The Bertz CT molecular complexity index is 1500. The van der Waals surface area contributed by atoms with Crippen molar-refractivity contribution < 1.29 is 28.6 Å². The van der Waals surface area contributed by atoms with E-state index in [4.69, 9.17) is 14.2 Å². The number of carbonyl (C=O) groups excluding carboxylic acids is 3. The van der Waals surface area contributed by atoms with Gasteiger partial charge in [-0.05, 0) is 83.5 Å². The molecule has 0 aromatic heterocycles. The topological polar surface area (TPSA) is 78.9 Å². The lowest BCUT2D eigenvalue weighted by molar-refractivity contribution is -0.166. The van der Waals surface area contributed by atoms with Gasteiger partial charge in [0.2, 0.25) is 0 Å². The molecule has 0 aromatic rings. The summed E-state index contributed by atoms with van der Waals surface area (Å²) in [5.41, 5.74) is 0. The molecule has 0 N–H and O–H groups in total. The van der Waals surface area contributed by atoms with Gasteiger partial charge in [0.05, 0.1) is 0 Å². The van der Waals surface area contributed by atoms with Crippen LogP contribution in [0.4, 0.5) is 0 Å². The molecule has 79 heavy (non-hydrogen) atoms. The molecule has 0 fully saturated rings. The van der Waals surface area contributed by atoms with E-state index in [0.29, 0.717) is 19.3 Å². The lowest BCUT2D eigenvalue weighted by atomic mass is 10.0. The third-order valence-corrected chi connectivity index (χ3v) is 14.9. The van der Waals surface area contributed by atoms with E-state index in [2.05, 4.69) is 99.8 Å². The van der Waals surface area contributed by atoms with Crippen molar-refractivity contribution >= 4 is 17.9 Å². The fraction of sp³-hybridized carbons (Fsp3) is 0.767. The highest BCUT2D eigenvalue weighted by Crippen LogP contribution is 2.17. The summed E-state index contributed by atoms with van der Waals surface area (Å²) in [6.45, 7) is 6.51. The van der Waals surface area contributed by atoms with E-state index in [9.17, 15) is 14.4 Å². The molecule has 6 nitrogen and oxygen atoms in total. The van der Waals surface area contributed by atoms with Crippen LogP contribution < -0.4 is 0 Å². The Morgan fingerprint density at radius 1 is 0.266 bits per heavy atom. The summed E-state index contributed by atoms with van der Waals surface area (Å²) in [7, 11) is 0. The minimum absolute atomic E-state index is 0.105. The molecule has 0 aliphatic rings. The average molecular weight is 1100 g/mol. The Labute approximate surface area is 490 Å². The zero-order chi connectivity index (χ0) is 57.1. The second kappa shape index (κ2) is 67.1. The second-order valence-electron chi connectivity index (χ2n) is 22.7. The molecule has 0 saturated heterocycles. The molecule has 1 unspecified atom stereocenters. The van der Waals surface area contributed by atoms with Crippen LogP contribution in [0.5, 0.6) is 0 Å². The van der Waals surface area contributed by atoms with Gasteiger partial charge in [-0.25, -0.2) is 0 Å². The lowest BCUT2D eigenvalue weighted by Crippen LogP contribution is -2.30. The van der Waals surface area contributed by atoms with Gasteiger partial charge in [0.15, 0.2) is 6.10 Å². The maximum atomic E-state index is 12.9. The summed E-state index contributed by atoms with van der Waals surface area (Å²) in [6.07, 6.45) is 89.0. The van der Waals surface area contributed by atoms with Crippen LogP contribution in [0, 0.1) is 0 Å². The monoisotopic (exact) mass is 1100 g/mol. The van der Waals surface area contributed by atoms with Crippen LogP contribution >= 0.6 is 0 Å². The van der Waals surface area contributed by atoms with Gasteiger partial charge in [-0.2, -0.15) is 0 Å². The molecule has 0 rings (SSSR count). The van der Waals surface area contributed by atoms with E-state index in [-0.39, 0.29) is 37.5 Å². The minimum Gasteiger partial charge on any atom is -0.462 e. The maximum absolute atomic E-state index is 12.9. The van der Waals surface area contributed by atoms with E-state index in [0.717, 1.165) is 77.0 Å². The molecule has 0 heterocycles. The van der Waals surface area contributed by atoms with E-state index >= 15 is 0 Å². The van der Waals surface area contributed by atoms with E-state index in [1.54, 1.807) is 0 Å². The zero-order valence-electron chi connectivity index (χ0n) is 52.4. The van der Waals surface area contributed by atoms with Crippen molar-refractivity contribution in [1.29, 1.82) is 0 Å². The van der Waals surface area contributed by atoms with Crippen LogP contribution in [0.3, 0.4) is 0 Å². The molecule has 0 aromatic carbocycles. The SMILES string of the molecule is CC/C=C\C/C=C\C/C=C\C/C=C\C/C=C\C/C=C\CCC(=O)OC(COC(=O)CCCCCCCCC/C=C\CCCCCCCCC)COC(=O)CCCCCCCCCCCCCCCCCCCCCCCCCC. The summed E-state index contributed by atoms with van der Waals surface area (Å²) in [6, 6.07) is 0. The van der Waals surface area contributed by atoms with Crippen LogP contribution in [0.25, 0.3) is 0 Å². The number of allylic oxidation sites excluding steroid dienone is 14. The molecule has 0 aliphatic heterocycles. The molecule has 0 spiro atoms. The minimum atomic E-state index is -0.819. The molecule has 0 aliphatic carbocycles. The third-order valence-electron chi connectivity index (χ3n) is 14.9. The van der Waals surface area contributed by atoms with Crippen molar-refractivity contribution in [1.82, 2.24) is 0 Å². The summed E-state index contributed by atoms with van der Waals surface area (Å²) in [4.78, 5) is 38.4. The van der Waals surface area contributed by atoms with Crippen molar-refractivity contribution in [3.05, 3.63) is 85.1 Å². The number of hydrogen-bond acceptors (Lipinski definition) is 6. The van der Waals surface area contributed by atoms with Crippen molar-refractivity contribution in [2.75, 3.05) is 13.2 Å². The highest BCUT2D eigenvalue weighted by atomic mass is 16.6. The number of hydrogen-bond donors (Lipinski definition) is 0. The molecule has 1 atom stereocenters. The summed E-state index contributed by atoms with van der Waals surface area (Å²) >= 11 is 0. The molecule has 6 heteroatoms. The smallest absolute Gasteiger partial charge is 0.306 e. The van der Waals surface area contributed by atoms with Crippen molar-refractivity contribution in [2.45, 2.75) is 348 Å². The van der Waals surface area contributed by atoms with Gasteiger partial charge in [0.1, 0.15) is 13.2 Å². The predicted octanol–water partition coefficient (Wildman–Crippen LogP) is 23.4. The van der Waals surface area contributed by atoms with Gasteiger partial charge in [-0.15, -0.1) is 0 Å². The van der Waals surface area contributed by atoms with Crippen LogP contribution in [0.2, 0.25) is 0 Å².